The summed E-state index contributed by atoms with van der Waals surface area (Å²) in [5.41, 5.74) is 2.82. The smallest absolute Gasteiger partial charge is 0.159 e. The van der Waals surface area contributed by atoms with Gasteiger partial charge in [0.1, 0.15) is 11.8 Å². The van der Waals surface area contributed by atoms with Crippen LogP contribution in [0.15, 0.2) is 42.5 Å². The second-order valence-corrected chi connectivity index (χ2v) is 6.14. The van der Waals surface area contributed by atoms with E-state index in [2.05, 4.69) is 11.4 Å². The zero-order valence-electron chi connectivity index (χ0n) is 13.7. The highest BCUT2D eigenvalue weighted by Gasteiger charge is 2.22. The quantitative estimate of drug-likeness (QED) is 0.778. The van der Waals surface area contributed by atoms with Crippen molar-refractivity contribution < 1.29 is 9.53 Å². The van der Waals surface area contributed by atoms with Crippen LogP contribution in [0.2, 0.25) is 0 Å². The van der Waals surface area contributed by atoms with Crippen LogP contribution in [0.3, 0.4) is 0 Å². The maximum absolute atomic E-state index is 11.5. The summed E-state index contributed by atoms with van der Waals surface area (Å²) in [7, 11) is 0. The standard InChI is InChI=1S/C20H20N2O2/c1-14(23)16-8-9-17(11-21)19(10-16)22-12-18-4-2-3-5-20(18)24-13-15-6-7-15/h2-5,8-10,15,22H,6-7,12-13H2,1H3. The van der Waals surface area contributed by atoms with Gasteiger partial charge < -0.3 is 10.1 Å². The van der Waals surface area contributed by atoms with Crippen molar-refractivity contribution in [3.8, 4) is 11.8 Å². The van der Waals surface area contributed by atoms with Crippen molar-refractivity contribution in [3.05, 3.63) is 59.2 Å². The Hall–Kier alpha value is -2.80. The number of Topliss-reactive ketones (excluding diaryl/α,β-unsaturated/α-hetero) is 1. The van der Waals surface area contributed by atoms with Crippen molar-refractivity contribution in [1.29, 1.82) is 5.26 Å². The third kappa shape index (κ3) is 3.94. The number of nitrogens with zero attached hydrogens (tertiary/aromatic N) is 1. The van der Waals surface area contributed by atoms with Gasteiger partial charge in [0, 0.05) is 17.7 Å². The third-order valence-electron chi connectivity index (χ3n) is 4.16. The number of rotatable bonds is 7. The third-order valence-corrected chi connectivity index (χ3v) is 4.16. The molecule has 4 heteroatoms. The molecule has 24 heavy (non-hydrogen) atoms. The lowest BCUT2D eigenvalue weighted by Gasteiger charge is -2.14. The minimum Gasteiger partial charge on any atom is -0.493 e. The minimum absolute atomic E-state index is 0.0179. The van der Waals surface area contributed by atoms with E-state index in [0.717, 1.165) is 17.9 Å². The molecule has 0 saturated heterocycles. The molecule has 1 fully saturated rings. The summed E-state index contributed by atoms with van der Waals surface area (Å²) in [5.74, 6) is 1.55. The van der Waals surface area contributed by atoms with E-state index >= 15 is 0 Å². The molecule has 0 amide bonds. The molecule has 2 aromatic rings. The molecule has 0 spiro atoms. The second kappa shape index (κ2) is 7.18. The van der Waals surface area contributed by atoms with Gasteiger partial charge >= 0.3 is 0 Å². The fourth-order valence-electron chi connectivity index (χ4n) is 2.48. The summed E-state index contributed by atoms with van der Waals surface area (Å²) >= 11 is 0. The van der Waals surface area contributed by atoms with Crippen LogP contribution in [0.1, 0.15) is 41.3 Å². The van der Waals surface area contributed by atoms with Gasteiger partial charge in [0.05, 0.1) is 17.9 Å². The Balaban J connectivity index is 1.74. The summed E-state index contributed by atoms with van der Waals surface area (Å²) in [6.45, 7) is 2.82. The van der Waals surface area contributed by atoms with Gasteiger partial charge in [-0.15, -0.1) is 0 Å². The number of ketones is 1. The van der Waals surface area contributed by atoms with E-state index in [9.17, 15) is 10.1 Å². The number of benzene rings is 2. The summed E-state index contributed by atoms with van der Waals surface area (Å²) in [5, 5.41) is 12.5. The van der Waals surface area contributed by atoms with E-state index in [4.69, 9.17) is 4.74 Å². The first-order valence-corrected chi connectivity index (χ1v) is 8.17. The predicted molar refractivity (Wildman–Crippen MR) is 93.1 cm³/mol. The molecule has 2 aromatic carbocycles. The van der Waals surface area contributed by atoms with Crippen molar-refractivity contribution in [2.45, 2.75) is 26.3 Å². The number of nitrogens with one attached hydrogen (secondary N) is 1. The van der Waals surface area contributed by atoms with Crippen molar-refractivity contribution in [2.75, 3.05) is 11.9 Å². The maximum atomic E-state index is 11.5. The van der Waals surface area contributed by atoms with Crippen LogP contribution in [-0.4, -0.2) is 12.4 Å². The van der Waals surface area contributed by atoms with E-state index < -0.39 is 0 Å². The number of carbonyl (C=O) groups excluding carboxylic acids is 1. The zero-order valence-corrected chi connectivity index (χ0v) is 13.7. The SMILES string of the molecule is CC(=O)c1ccc(C#N)c(NCc2ccccc2OCC2CC2)c1. The molecule has 4 nitrogen and oxygen atoms in total. The van der Waals surface area contributed by atoms with Gasteiger partial charge in [-0.2, -0.15) is 5.26 Å². The molecule has 0 aromatic heterocycles. The lowest BCUT2D eigenvalue weighted by molar-refractivity contribution is 0.101. The summed E-state index contributed by atoms with van der Waals surface area (Å²) in [6.07, 6.45) is 2.51. The average molecular weight is 320 g/mol. The second-order valence-electron chi connectivity index (χ2n) is 6.14. The highest BCUT2D eigenvalue weighted by atomic mass is 16.5. The lowest BCUT2D eigenvalue weighted by Crippen LogP contribution is -2.07. The summed E-state index contributed by atoms with van der Waals surface area (Å²) in [4.78, 5) is 11.5. The molecule has 1 N–H and O–H groups in total. The molecule has 0 bridgehead atoms. The topological polar surface area (TPSA) is 62.1 Å². The zero-order chi connectivity index (χ0) is 16.9. The lowest BCUT2D eigenvalue weighted by atomic mass is 10.1. The van der Waals surface area contributed by atoms with E-state index in [1.165, 1.54) is 19.8 Å². The fourth-order valence-corrected chi connectivity index (χ4v) is 2.48. The fraction of sp³-hybridized carbons (Fsp3) is 0.300. The van der Waals surface area contributed by atoms with Crippen LogP contribution < -0.4 is 10.1 Å². The van der Waals surface area contributed by atoms with Gasteiger partial charge in [0.25, 0.3) is 0 Å². The number of para-hydroxylation sites is 1. The first kappa shape index (κ1) is 16.1. The average Bonchev–Trinajstić information content (AvgIpc) is 3.43. The molecular formula is C20H20N2O2. The van der Waals surface area contributed by atoms with Gasteiger partial charge in [-0.3, -0.25) is 4.79 Å². The van der Waals surface area contributed by atoms with Crippen LogP contribution in [0.5, 0.6) is 5.75 Å². The molecule has 1 aliphatic carbocycles. The van der Waals surface area contributed by atoms with Gasteiger partial charge in [-0.1, -0.05) is 18.2 Å². The van der Waals surface area contributed by atoms with Crippen LogP contribution in [0.4, 0.5) is 5.69 Å². The molecule has 1 saturated carbocycles. The van der Waals surface area contributed by atoms with Crippen LogP contribution in [0, 0.1) is 17.2 Å². The summed E-state index contributed by atoms with van der Waals surface area (Å²) < 4.78 is 5.91. The number of carbonyl (C=O) groups is 1. The van der Waals surface area contributed by atoms with Crippen LogP contribution in [-0.2, 0) is 6.54 Å². The van der Waals surface area contributed by atoms with Gasteiger partial charge in [-0.05, 0) is 49.9 Å². The molecule has 0 atom stereocenters. The van der Waals surface area contributed by atoms with Crippen molar-refractivity contribution in [1.82, 2.24) is 0 Å². The Morgan fingerprint density at radius 3 is 2.79 bits per heavy atom. The van der Waals surface area contributed by atoms with Crippen molar-refractivity contribution >= 4 is 11.5 Å². The largest absolute Gasteiger partial charge is 0.493 e. The first-order chi connectivity index (χ1) is 11.7. The van der Waals surface area contributed by atoms with E-state index in [1.807, 2.05) is 24.3 Å². The first-order valence-electron chi connectivity index (χ1n) is 8.17. The summed E-state index contributed by atoms with van der Waals surface area (Å²) in [6, 6.07) is 15.2. The van der Waals surface area contributed by atoms with Gasteiger partial charge in [0.15, 0.2) is 5.78 Å². The number of anilines is 1. The Morgan fingerprint density at radius 2 is 2.08 bits per heavy atom. The van der Waals surface area contributed by atoms with E-state index in [0.29, 0.717) is 29.3 Å². The van der Waals surface area contributed by atoms with Crippen molar-refractivity contribution in [2.24, 2.45) is 5.92 Å². The number of ether oxygens (including phenoxy) is 1. The van der Waals surface area contributed by atoms with Crippen LogP contribution in [0.25, 0.3) is 0 Å². The monoisotopic (exact) mass is 320 g/mol. The number of nitriles is 1. The predicted octanol–water partition coefficient (Wildman–Crippen LogP) is 4.16. The molecule has 3 rings (SSSR count). The maximum Gasteiger partial charge on any atom is 0.159 e. The minimum atomic E-state index is -0.0179. The molecule has 0 unspecified atom stereocenters. The number of hydrogen-bond acceptors (Lipinski definition) is 4. The molecule has 122 valence electrons. The Bertz CT molecular complexity index is 788. The highest BCUT2D eigenvalue weighted by molar-refractivity contribution is 5.95. The number of hydrogen-bond donors (Lipinski definition) is 1. The Morgan fingerprint density at radius 1 is 1.29 bits per heavy atom. The Kier molecular flexibility index (Phi) is 4.81. The van der Waals surface area contributed by atoms with E-state index in [-0.39, 0.29) is 5.78 Å². The van der Waals surface area contributed by atoms with E-state index in [1.54, 1.807) is 18.2 Å². The normalized spacial score (nSPS) is 13.2. The molecule has 1 aliphatic rings. The van der Waals surface area contributed by atoms with Crippen molar-refractivity contribution in [3.63, 3.8) is 0 Å². The molecule has 0 aliphatic heterocycles. The molecular weight excluding hydrogens is 300 g/mol. The molecule has 0 radical (unpaired) electrons. The van der Waals surface area contributed by atoms with Gasteiger partial charge in [-0.25, -0.2) is 0 Å². The van der Waals surface area contributed by atoms with Crippen LogP contribution >= 0.6 is 0 Å². The highest BCUT2D eigenvalue weighted by Crippen LogP contribution is 2.30. The Labute approximate surface area is 142 Å². The molecule has 0 heterocycles. The van der Waals surface area contributed by atoms with Gasteiger partial charge in [0.2, 0.25) is 0 Å².